The topological polar surface area (TPSA) is 24.7 Å². The Hall–Kier alpha value is -1.70. The van der Waals surface area contributed by atoms with Crippen molar-refractivity contribution >= 4 is 25.1 Å². The number of hydrogen-bond acceptors (Lipinski definition) is 2. The zero-order chi connectivity index (χ0) is 16.2. The van der Waals surface area contributed by atoms with Gasteiger partial charge in [-0.1, -0.05) is 0 Å². The van der Waals surface area contributed by atoms with Gasteiger partial charge >= 0.3 is 150 Å². The van der Waals surface area contributed by atoms with Crippen molar-refractivity contribution in [1.82, 2.24) is 0 Å². The minimum absolute atomic E-state index is 0.274. The molecule has 0 radical (unpaired) electrons. The molecule has 1 aliphatic carbocycles. The zero-order valence-electron chi connectivity index (χ0n) is 13.7. The van der Waals surface area contributed by atoms with E-state index in [0.717, 1.165) is 10.5 Å². The molecule has 122 valence electrons. The molecular formula is C21H22N2Se. The monoisotopic (exact) mass is 382 g/mol. The Morgan fingerprint density at radius 1 is 0.833 bits per heavy atom. The summed E-state index contributed by atoms with van der Waals surface area (Å²) in [5.74, 6) is 0.656. The van der Waals surface area contributed by atoms with Crippen molar-refractivity contribution in [2.24, 2.45) is 16.1 Å². The molecule has 3 atom stereocenters. The summed E-state index contributed by atoms with van der Waals surface area (Å²) in [7, 11) is 0. The van der Waals surface area contributed by atoms with Crippen molar-refractivity contribution < 1.29 is 0 Å². The first kappa shape index (κ1) is 15.8. The van der Waals surface area contributed by atoms with Crippen molar-refractivity contribution in [1.29, 1.82) is 0 Å². The number of benzene rings is 2. The molecule has 2 aromatic rings. The van der Waals surface area contributed by atoms with Crippen LogP contribution in [0.25, 0.3) is 5.70 Å². The Morgan fingerprint density at radius 2 is 1.54 bits per heavy atom. The Morgan fingerprint density at radius 3 is 2.33 bits per heavy atom. The number of azo groups is 1. The first-order chi connectivity index (χ1) is 11.9. The molecule has 2 nitrogen and oxygen atoms in total. The van der Waals surface area contributed by atoms with Crippen molar-refractivity contribution in [3.05, 3.63) is 72.3 Å². The van der Waals surface area contributed by atoms with Crippen molar-refractivity contribution in [3.8, 4) is 0 Å². The number of hydrogen-bond donors (Lipinski definition) is 0. The molecule has 1 aliphatic heterocycles. The summed E-state index contributed by atoms with van der Waals surface area (Å²) in [5, 5.41) is 9.15. The molecule has 4 rings (SSSR count). The van der Waals surface area contributed by atoms with Crippen LogP contribution in [0, 0.1) is 5.92 Å². The van der Waals surface area contributed by atoms with Gasteiger partial charge in [-0.3, -0.25) is 0 Å². The van der Waals surface area contributed by atoms with E-state index in [0.29, 0.717) is 20.9 Å². The molecule has 1 fully saturated rings. The third-order valence-corrected chi connectivity index (χ3v) is 7.93. The third kappa shape index (κ3) is 3.53. The Balaban J connectivity index is 1.51. The fraction of sp³-hybridized carbons (Fsp3) is 0.333. The van der Waals surface area contributed by atoms with Gasteiger partial charge in [0, 0.05) is 0 Å². The number of nitrogens with zero attached hydrogens (tertiary/aromatic N) is 2. The summed E-state index contributed by atoms with van der Waals surface area (Å²) >= 11 is 0.533. The summed E-state index contributed by atoms with van der Waals surface area (Å²) in [6.07, 6.45) is 7.66. The van der Waals surface area contributed by atoms with Gasteiger partial charge < -0.3 is 0 Å². The Kier molecular flexibility index (Phi) is 4.91. The van der Waals surface area contributed by atoms with Gasteiger partial charge in [-0.25, -0.2) is 0 Å². The molecule has 1 unspecified atom stereocenters. The molecule has 0 amide bonds. The second-order valence-corrected chi connectivity index (χ2v) is 9.30. The normalized spacial score (nSPS) is 26.3. The van der Waals surface area contributed by atoms with E-state index in [-0.39, 0.29) is 6.04 Å². The second kappa shape index (κ2) is 7.46. The van der Waals surface area contributed by atoms with E-state index in [1.807, 2.05) is 6.07 Å². The van der Waals surface area contributed by atoms with Gasteiger partial charge in [0.05, 0.1) is 0 Å². The van der Waals surface area contributed by atoms with Crippen LogP contribution in [0.2, 0.25) is 4.82 Å². The predicted molar refractivity (Wildman–Crippen MR) is 101 cm³/mol. The maximum atomic E-state index is 4.65. The second-order valence-electron chi connectivity index (χ2n) is 6.54. The predicted octanol–water partition coefficient (Wildman–Crippen LogP) is 4.87. The van der Waals surface area contributed by atoms with Crippen LogP contribution >= 0.6 is 0 Å². The van der Waals surface area contributed by atoms with Crippen molar-refractivity contribution in [2.45, 2.75) is 36.5 Å². The molecule has 2 aliphatic rings. The average molecular weight is 381 g/mol. The molecular weight excluding hydrogens is 359 g/mol. The Bertz CT molecular complexity index is 724. The van der Waals surface area contributed by atoms with Crippen LogP contribution in [0.1, 0.15) is 31.2 Å². The molecule has 0 aromatic heterocycles. The van der Waals surface area contributed by atoms with Crippen molar-refractivity contribution in [3.63, 3.8) is 0 Å². The molecule has 0 spiro atoms. The van der Waals surface area contributed by atoms with Crippen molar-refractivity contribution in [2.75, 3.05) is 0 Å². The van der Waals surface area contributed by atoms with Gasteiger partial charge in [-0.2, -0.15) is 0 Å². The quantitative estimate of drug-likeness (QED) is 0.675. The molecule has 0 saturated heterocycles. The first-order valence-electron chi connectivity index (χ1n) is 8.80. The molecule has 1 heterocycles. The van der Waals surface area contributed by atoms with Crippen LogP contribution in [0.5, 0.6) is 0 Å². The average Bonchev–Trinajstić information content (AvgIpc) is 3.14. The van der Waals surface area contributed by atoms with Gasteiger partial charge in [0.2, 0.25) is 0 Å². The van der Waals surface area contributed by atoms with Gasteiger partial charge in [-0.05, 0) is 0 Å². The first-order valence-corrected chi connectivity index (χ1v) is 10.6. The molecule has 24 heavy (non-hydrogen) atoms. The van der Waals surface area contributed by atoms with E-state index >= 15 is 0 Å². The molecule has 0 bridgehead atoms. The summed E-state index contributed by atoms with van der Waals surface area (Å²) in [6, 6.07) is 21.7. The van der Waals surface area contributed by atoms with Gasteiger partial charge in [0.25, 0.3) is 0 Å². The van der Waals surface area contributed by atoms with E-state index in [2.05, 4.69) is 70.9 Å². The van der Waals surface area contributed by atoms with Crippen LogP contribution in [0.4, 0.5) is 0 Å². The number of rotatable bonds is 4. The van der Waals surface area contributed by atoms with Crippen LogP contribution < -0.4 is 4.46 Å². The van der Waals surface area contributed by atoms with Gasteiger partial charge in [0.15, 0.2) is 0 Å². The standard InChI is InChI=1S/C21H22N2Se/c1-3-9-16(10-4-1)19-15-20(23-22-19)18-13-7-8-14-21(18)24-17-11-5-2-6-12-17/h1-6,9-12,15,18,20-21H,7-8,13-14H2/t18-,20?,21+/m0/s1. The van der Waals surface area contributed by atoms with E-state index in [9.17, 15) is 0 Å². The van der Waals surface area contributed by atoms with E-state index < -0.39 is 0 Å². The Labute approximate surface area is 150 Å². The molecule has 1 saturated carbocycles. The van der Waals surface area contributed by atoms with Crippen LogP contribution in [-0.2, 0) is 0 Å². The minimum atomic E-state index is 0.274. The van der Waals surface area contributed by atoms with Gasteiger partial charge in [0.1, 0.15) is 0 Å². The third-order valence-electron chi connectivity index (χ3n) is 4.92. The fourth-order valence-electron chi connectivity index (χ4n) is 3.67. The van der Waals surface area contributed by atoms with E-state index in [4.69, 9.17) is 0 Å². The fourth-order valence-corrected chi connectivity index (χ4v) is 6.65. The van der Waals surface area contributed by atoms with Crippen LogP contribution in [0.15, 0.2) is 77.0 Å². The zero-order valence-corrected chi connectivity index (χ0v) is 15.4. The van der Waals surface area contributed by atoms with E-state index in [1.54, 1.807) is 0 Å². The molecule has 3 heteroatoms. The summed E-state index contributed by atoms with van der Waals surface area (Å²) in [6.45, 7) is 0. The summed E-state index contributed by atoms with van der Waals surface area (Å²) < 4.78 is 1.52. The van der Waals surface area contributed by atoms with E-state index in [1.165, 1.54) is 35.7 Å². The van der Waals surface area contributed by atoms with Crippen LogP contribution in [0.3, 0.4) is 0 Å². The molecule has 0 N–H and O–H groups in total. The van der Waals surface area contributed by atoms with Gasteiger partial charge in [-0.15, -0.1) is 0 Å². The SMILES string of the molecule is C1=C(c2ccccc2)N=NC1[C@@H]1CCCC[C@H]1[Se]c1ccccc1. The maximum absolute atomic E-state index is 4.65. The summed E-state index contributed by atoms with van der Waals surface area (Å²) in [4.78, 5) is 0.781. The van der Waals surface area contributed by atoms with Crippen LogP contribution in [-0.4, -0.2) is 21.0 Å². The molecule has 2 aromatic carbocycles. The summed E-state index contributed by atoms with van der Waals surface area (Å²) in [5.41, 5.74) is 2.24.